The standard InChI is InChI=1S/C34H39F3N6O4/c1-3-47-30(44)13-27(38-14-19-5-4-6-19)21-9-24-25(26(10-21)34(35,36)37)15-43(33(24)45)29-12-22(11-28(40-29)20-7-8-20)31(23-16-46-17-23)32-41-39-18-42(32)2/h9-12,18-20,23,27,31,38H,3-8,13-17H2,1-2H3/t27-,31?/m0/s1. The number of carbonyl (C=O) groups excluding carboxylic acids is 2. The smallest absolute Gasteiger partial charge is 0.416 e. The van der Waals surface area contributed by atoms with Gasteiger partial charge in [-0.25, -0.2) is 4.98 Å². The van der Waals surface area contributed by atoms with Crippen molar-refractivity contribution in [3.05, 3.63) is 69.9 Å². The number of aryl methyl sites for hydroxylation is 1. The lowest BCUT2D eigenvalue weighted by atomic mass is 9.83. The number of pyridine rings is 1. The largest absolute Gasteiger partial charge is 0.466 e. The highest BCUT2D eigenvalue weighted by atomic mass is 19.4. The van der Waals surface area contributed by atoms with E-state index in [0.29, 0.717) is 31.5 Å². The van der Waals surface area contributed by atoms with E-state index in [2.05, 4.69) is 15.5 Å². The summed E-state index contributed by atoms with van der Waals surface area (Å²) in [7, 11) is 1.87. The number of benzene rings is 1. The Labute approximate surface area is 271 Å². The van der Waals surface area contributed by atoms with E-state index < -0.39 is 29.7 Å². The number of amides is 1. The summed E-state index contributed by atoms with van der Waals surface area (Å²) in [4.78, 5) is 32.9. The van der Waals surface area contributed by atoms with E-state index in [1.165, 1.54) is 11.0 Å². The molecule has 2 aliphatic carbocycles. The molecule has 2 saturated carbocycles. The highest BCUT2D eigenvalue weighted by Crippen LogP contribution is 2.45. The summed E-state index contributed by atoms with van der Waals surface area (Å²) in [5.41, 5.74) is 0.967. The number of rotatable bonds is 12. The monoisotopic (exact) mass is 652 g/mol. The average molecular weight is 653 g/mol. The Morgan fingerprint density at radius 3 is 2.51 bits per heavy atom. The number of nitrogens with zero attached hydrogens (tertiary/aromatic N) is 5. The zero-order chi connectivity index (χ0) is 32.9. The Morgan fingerprint density at radius 2 is 1.91 bits per heavy atom. The summed E-state index contributed by atoms with van der Waals surface area (Å²) in [6.07, 6.45) is 1.88. The number of esters is 1. The number of hydrogen-bond acceptors (Lipinski definition) is 8. The Kier molecular flexibility index (Phi) is 8.54. The topological polar surface area (TPSA) is 111 Å². The van der Waals surface area contributed by atoms with Crippen molar-refractivity contribution in [1.82, 2.24) is 25.1 Å². The summed E-state index contributed by atoms with van der Waals surface area (Å²) in [6, 6.07) is 5.73. The number of ether oxygens (including phenoxy) is 2. The van der Waals surface area contributed by atoms with Gasteiger partial charge in [-0.2, -0.15) is 13.2 Å². The summed E-state index contributed by atoms with van der Waals surface area (Å²) in [5, 5.41) is 11.8. The first-order valence-electron chi connectivity index (χ1n) is 16.5. The molecule has 13 heteroatoms. The summed E-state index contributed by atoms with van der Waals surface area (Å²) >= 11 is 0. The van der Waals surface area contributed by atoms with Crippen LogP contribution < -0.4 is 10.2 Å². The van der Waals surface area contributed by atoms with E-state index in [0.717, 1.165) is 55.3 Å². The van der Waals surface area contributed by atoms with Crippen molar-refractivity contribution in [3.8, 4) is 0 Å². The van der Waals surface area contributed by atoms with Crippen molar-refractivity contribution in [2.45, 2.75) is 76.0 Å². The molecule has 1 N–H and O–H groups in total. The minimum absolute atomic E-state index is 0.0217. The van der Waals surface area contributed by atoms with Crippen LogP contribution in [0.3, 0.4) is 0 Å². The van der Waals surface area contributed by atoms with Gasteiger partial charge in [0.1, 0.15) is 18.0 Å². The van der Waals surface area contributed by atoms with Crippen molar-refractivity contribution in [2.75, 3.05) is 31.3 Å². The number of alkyl halides is 3. The third-order valence-corrected chi connectivity index (χ3v) is 9.97. The van der Waals surface area contributed by atoms with Gasteiger partial charge in [0.15, 0.2) is 0 Å². The van der Waals surface area contributed by atoms with E-state index in [-0.39, 0.29) is 54.0 Å². The van der Waals surface area contributed by atoms with Crippen molar-refractivity contribution in [1.29, 1.82) is 0 Å². The number of fused-ring (bicyclic) bond motifs is 1. The molecule has 3 aromatic rings. The van der Waals surface area contributed by atoms with E-state index in [4.69, 9.17) is 14.5 Å². The lowest BCUT2D eigenvalue weighted by Gasteiger charge is -2.34. The Bertz CT molecular complexity index is 1660. The quantitative estimate of drug-likeness (QED) is 0.258. The molecule has 1 amide bonds. The van der Waals surface area contributed by atoms with E-state index in [1.807, 2.05) is 23.7 Å². The fraction of sp³-hybridized carbons (Fsp3) is 0.559. The van der Waals surface area contributed by atoms with Crippen molar-refractivity contribution in [3.63, 3.8) is 0 Å². The molecule has 10 nitrogen and oxygen atoms in total. The van der Waals surface area contributed by atoms with E-state index >= 15 is 0 Å². The molecule has 4 heterocycles. The molecule has 3 fully saturated rings. The zero-order valence-electron chi connectivity index (χ0n) is 26.6. The van der Waals surface area contributed by atoms with Gasteiger partial charge in [-0.15, -0.1) is 10.2 Å². The third-order valence-electron chi connectivity index (χ3n) is 9.97. The van der Waals surface area contributed by atoms with Crippen molar-refractivity contribution < 1.29 is 32.2 Å². The van der Waals surface area contributed by atoms with Gasteiger partial charge in [0.2, 0.25) is 0 Å². The molecule has 0 bridgehead atoms. The van der Waals surface area contributed by atoms with Gasteiger partial charge in [0.25, 0.3) is 5.91 Å². The van der Waals surface area contributed by atoms with E-state index in [9.17, 15) is 22.8 Å². The number of anilines is 1. The van der Waals surface area contributed by atoms with Crippen LogP contribution in [0.25, 0.3) is 0 Å². The van der Waals surface area contributed by atoms with Gasteiger partial charge >= 0.3 is 12.1 Å². The third kappa shape index (κ3) is 6.39. The van der Waals surface area contributed by atoms with Gasteiger partial charge in [0, 0.05) is 36.2 Å². The second-order valence-electron chi connectivity index (χ2n) is 13.3. The molecule has 1 aromatic carbocycles. The highest BCUT2D eigenvalue weighted by molar-refractivity contribution is 6.10. The van der Waals surface area contributed by atoms with Crippen LogP contribution >= 0.6 is 0 Å². The van der Waals surface area contributed by atoms with Crippen LogP contribution in [0.2, 0.25) is 0 Å². The molecule has 2 atom stereocenters. The van der Waals surface area contributed by atoms with Crippen LogP contribution in [0.15, 0.2) is 30.6 Å². The number of carbonyl (C=O) groups is 2. The molecule has 0 spiro atoms. The lowest BCUT2D eigenvalue weighted by Crippen LogP contribution is -2.35. The zero-order valence-corrected chi connectivity index (χ0v) is 26.6. The predicted octanol–water partition coefficient (Wildman–Crippen LogP) is 5.43. The molecule has 2 aliphatic heterocycles. The SMILES string of the molecule is CCOC(=O)C[C@H](NCC1CCC1)c1cc2c(c(C(F)(F)F)c1)CN(c1cc(C(c3nncn3C)C3COC3)cc(C3CC3)n1)C2=O. The average Bonchev–Trinajstić information content (AvgIpc) is 3.67. The van der Waals surface area contributed by atoms with Crippen LogP contribution in [0.4, 0.5) is 19.0 Å². The van der Waals surface area contributed by atoms with Crippen LogP contribution in [0, 0.1) is 11.8 Å². The Balaban J connectivity index is 1.26. The fourth-order valence-electron chi connectivity index (χ4n) is 6.89. The van der Waals surface area contributed by atoms with Crippen molar-refractivity contribution >= 4 is 17.7 Å². The van der Waals surface area contributed by atoms with Gasteiger partial charge in [-0.05, 0) is 86.0 Å². The second kappa shape index (κ2) is 12.6. The molecule has 4 aliphatic rings. The maximum Gasteiger partial charge on any atom is 0.416 e. The molecular formula is C34H39F3N6O4. The molecule has 1 saturated heterocycles. The van der Waals surface area contributed by atoms with Crippen LogP contribution in [-0.2, 0) is 34.0 Å². The predicted molar refractivity (Wildman–Crippen MR) is 165 cm³/mol. The van der Waals surface area contributed by atoms with E-state index in [1.54, 1.807) is 13.3 Å². The van der Waals surface area contributed by atoms with Crippen molar-refractivity contribution in [2.24, 2.45) is 18.9 Å². The number of halogens is 3. The van der Waals surface area contributed by atoms with Crippen LogP contribution in [0.5, 0.6) is 0 Å². The first-order valence-corrected chi connectivity index (χ1v) is 16.5. The molecule has 250 valence electrons. The fourth-order valence-corrected chi connectivity index (χ4v) is 6.89. The highest BCUT2D eigenvalue weighted by Gasteiger charge is 2.43. The minimum atomic E-state index is -4.71. The first-order chi connectivity index (χ1) is 22.6. The summed E-state index contributed by atoms with van der Waals surface area (Å²) < 4.78 is 56.6. The second-order valence-corrected chi connectivity index (χ2v) is 13.3. The molecule has 2 aromatic heterocycles. The number of nitrogens with one attached hydrogen (secondary N) is 1. The summed E-state index contributed by atoms with van der Waals surface area (Å²) in [5.74, 6) is 0.600. The Hall–Kier alpha value is -3.84. The number of aromatic nitrogens is 4. The Morgan fingerprint density at radius 1 is 1.13 bits per heavy atom. The van der Waals surface area contributed by atoms with Crippen LogP contribution in [-0.4, -0.2) is 58.0 Å². The first kappa shape index (κ1) is 31.7. The normalized spacial score (nSPS) is 19.7. The van der Waals surface area contributed by atoms with Gasteiger partial charge in [0.05, 0.1) is 44.3 Å². The molecule has 0 radical (unpaired) electrons. The molecular weight excluding hydrogens is 613 g/mol. The van der Waals surface area contributed by atoms with Gasteiger partial charge in [-0.3, -0.25) is 14.5 Å². The maximum absolute atomic E-state index is 14.7. The maximum atomic E-state index is 14.7. The minimum Gasteiger partial charge on any atom is -0.466 e. The molecule has 7 rings (SSSR count). The van der Waals surface area contributed by atoms with Crippen LogP contribution in [0.1, 0.15) is 107 Å². The lowest BCUT2D eigenvalue weighted by molar-refractivity contribution is -0.143. The molecule has 1 unspecified atom stereocenters. The van der Waals surface area contributed by atoms with Gasteiger partial charge in [-0.1, -0.05) is 6.42 Å². The summed E-state index contributed by atoms with van der Waals surface area (Å²) in [6.45, 7) is 3.25. The number of hydrogen-bond donors (Lipinski definition) is 1. The molecule has 47 heavy (non-hydrogen) atoms. The van der Waals surface area contributed by atoms with Gasteiger partial charge < -0.3 is 19.4 Å².